The Labute approximate surface area is 115 Å². The standard InChI is InChI=1S/C13H25NO4S/c1-19(15,16)12-4-2-3-11(9-12)18-13(10-14)5-7-17-8-6-13/h11-12H,2-10,14H2,1H3. The van der Waals surface area contributed by atoms with Gasteiger partial charge < -0.3 is 15.2 Å². The minimum Gasteiger partial charge on any atom is -0.381 e. The zero-order valence-electron chi connectivity index (χ0n) is 11.6. The second-order valence-corrected chi connectivity index (χ2v) is 8.18. The van der Waals surface area contributed by atoms with Crippen molar-refractivity contribution in [3.63, 3.8) is 0 Å². The molecule has 6 heteroatoms. The fourth-order valence-corrected chi connectivity index (χ4v) is 4.22. The van der Waals surface area contributed by atoms with E-state index < -0.39 is 9.84 Å². The van der Waals surface area contributed by atoms with Gasteiger partial charge >= 0.3 is 0 Å². The van der Waals surface area contributed by atoms with E-state index in [2.05, 4.69) is 0 Å². The van der Waals surface area contributed by atoms with Gasteiger partial charge in [-0.1, -0.05) is 0 Å². The van der Waals surface area contributed by atoms with Crippen molar-refractivity contribution in [2.75, 3.05) is 26.0 Å². The molecule has 5 nitrogen and oxygen atoms in total. The molecule has 2 N–H and O–H groups in total. The first-order chi connectivity index (χ1) is 8.95. The molecule has 1 saturated heterocycles. The Morgan fingerprint density at radius 3 is 2.58 bits per heavy atom. The highest BCUT2D eigenvalue weighted by molar-refractivity contribution is 7.91. The van der Waals surface area contributed by atoms with Gasteiger partial charge in [-0.3, -0.25) is 0 Å². The van der Waals surface area contributed by atoms with Crippen LogP contribution in [0.4, 0.5) is 0 Å². The molecule has 2 fully saturated rings. The molecular weight excluding hydrogens is 266 g/mol. The van der Waals surface area contributed by atoms with Crippen molar-refractivity contribution < 1.29 is 17.9 Å². The van der Waals surface area contributed by atoms with Crippen LogP contribution in [-0.4, -0.2) is 51.4 Å². The summed E-state index contributed by atoms with van der Waals surface area (Å²) in [5.74, 6) is 0. The van der Waals surface area contributed by atoms with Crippen molar-refractivity contribution in [3.8, 4) is 0 Å². The lowest BCUT2D eigenvalue weighted by Crippen LogP contribution is -2.49. The molecule has 0 aromatic heterocycles. The lowest BCUT2D eigenvalue weighted by atomic mass is 9.91. The third kappa shape index (κ3) is 3.90. The lowest BCUT2D eigenvalue weighted by Gasteiger charge is -2.41. The van der Waals surface area contributed by atoms with Gasteiger partial charge in [-0.2, -0.15) is 0 Å². The van der Waals surface area contributed by atoms with E-state index in [-0.39, 0.29) is 17.0 Å². The van der Waals surface area contributed by atoms with Crippen LogP contribution >= 0.6 is 0 Å². The molecule has 0 radical (unpaired) electrons. The zero-order chi connectivity index (χ0) is 13.9. The average Bonchev–Trinajstić information content (AvgIpc) is 2.39. The lowest BCUT2D eigenvalue weighted by molar-refractivity contribution is -0.144. The Morgan fingerprint density at radius 2 is 2.00 bits per heavy atom. The van der Waals surface area contributed by atoms with Crippen LogP contribution in [0.5, 0.6) is 0 Å². The van der Waals surface area contributed by atoms with Gasteiger partial charge in [0.2, 0.25) is 0 Å². The van der Waals surface area contributed by atoms with E-state index in [9.17, 15) is 8.42 Å². The van der Waals surface area contributed by atoms with Crippen LogP contribution in [0.15, 0.2) is 0 Å². The van der Waals surface area contributed by atoms with Gasteiger partial charge in [0.25, 0.3) is 0 Å². The molecule has 0 aromatic rings. The molecule has 1 aliphatic heterocycles. The molecule has 2 unspecified atom stereocenters. The van der Waals surface area contributed by atoms with Crippen LogP contribution in [0, 0.1) is 0 Å². The molecule has 112 valence electrons. The summed E-state index contributed by atoms with van der Waals surface area (Å²) in [7, 11) is -2.96. The third-order valence-electron chi connectivity index (χ3n) is 4.38. The average molecular weight is 291 g/mol. The number of nitrogens with two attached hydrogens (primary N) is 1. The van der Waals surface area contributed by atoms with Gasteiger partial charge in [-0.15, -0.1) is 0 Å². The fourth-order valence-electron chi connectivity index (χ4n) is 3.07. The summed E-state index contributed by atoms with van der Waals surface area (Å²) in [6.45, 7) is 1.84. The summed E-state index contributed by atoms with van der Waals surface area (Å²) in [6, 6.07) is 0. The molecular formula is C13H25NO4S. The highest BCUT2D eigenvalue weighted by Crippen LogP contribution is 2.32. The zero-order valence-corrected chi connectivity index (χ0v) is 12.5. The van der Waals surface area contributed by atoms with Crippen molar-refractivity contribution >= 4 is 9.84 Å². The maximum Gasteiger partial charge on any atom is 0.150 e. The minimum absolute atomic E-state index is 0.0233. The van der Waals surface area contributed by atoms with Crippen molar-refractivity contribution in [3.05, 3.63) is 0 Å². The molecule has 0 spiro atoms. The van der Waals surface area contributed by atoms with Gasteiger partial charge in [0.1, 0.15) is 9.84 Å². The first-order valence-corrected chi connectivity index (χ1v) is 9.05. The maximum absolute atomic E-state index is 11.7. The maximum atomic E-state index is 11.7. The molecule has 1 aliphatic carbocycles. The Hall–Kier alpha value is -0.170. The third-order valence-corrected chi connectivity index (χ3v) is 6.02. The summed E-state index contributed by atoms with van der Waals surface area (Å²) in [5, 5.41) is -0.249. The van der Waals surface area contributed by atoms with Crippen molar-refractivity contribution in [1.82, 2.24) is 0 Å². The van der Waals surface area contributed by atoms with Crippen molar-refractivity contribution in [2.24, 2.45) is 5.73 Å². The van der Waals surface area contributed by atoms with Gasteiger partial charge in [0.05, 0.1) is 17.0 Å². The molecule has 2 atom stereocenters. The summed E-state index contributed by atoms with van der Waals surface area (Å²) in [6.07, 6.45) is 6.20. The molecule has 2 rings (SSSR count). The summed E-state index contributed by atoms with van der Waals surface area (Å²) in [5.41, 5.74) is 5.57. The van der Waals surface area contributed by atoms with E-state index in [4.69, 9.17) is 15.2 Å². The second-order valence-electron chi connectivity index (χ2n) is 5.86. The second kappa shape index (κ2) is 6.08. The van der Waals surface area contributed by atoms with Crippen molar-refractivity contribution in [2.45, 2.75) is 55.5 Å². The molecule has 1 heterocycles. The number of rotatable bonds is 4. The summed E-state index contributed by atoms with van der Waals surface area (Å²) < 4.78 is 34.9. The topological polar surface area (TPSA) is 78.6 Å². The fraction of sp³-hybridized carbons (Fsp3) is 1.00. The Morgan fingerprint density at radius 1 is 1.32 bits per heavy atom. The Balaban J connectivity index is 1.97. The van der Waals surface area contributed by atoms with E-state index in [1.807, 2.05) is 0 Å². The molecule has 2 aliphatic rings. The van der Waals surface area contributed by atoms with Crippen LogP contribution in [0.2, 0.25) is 0 Å². The largest absolute Gasteiger partial charge is 0.381 e. The number of sulfone groups is 1. The highest BCUT2D eigenvalue weighted by atomic mass is 32.2. The number of ether oxygens (including phenoxy) is 2. The van der Waals surface area contributed by atoms with Crippen LogP contribution in [0.25, 0.3) is 0 Å². The van der Waals surface area contributed by atoms with Crippen LogP contribution < -0.4 is 5.73 Å². The van der Waals surface area contributed by atoms with Gasteiger partial charge in [0.15, 0.2) is 0 Å². The van der Waals surface area contributed by atoms with E-state index in [1.54, 1.807) is 0 Å². The Kier molecular flexibility index (Phi) is 4.87. The first kappa shape index (κ1) is 15.2. The monoisotopic (exact) mass is 291 g/mol. The molecule has 0 bridgehead atoms. The summed E-state index contributed by atoms with van der Waals surface area (Å²) >= 11 is 0. The van der Waals surface area contributed by atoms with E-state index >= 15 is 0 Å². The smallest absolute Gasteiger partial charge is 0.150 e. The highest BCUT2D eigenvalue weighted by Gasteiger charge is 2.37. The van der Waals surface area contributed by atoms with Crippen LogP contribution in [0.1, 0.15) is 38.5 Å². The van der Waals surface area contributed by atoms with Gasteiger partial charge in [-0.05, 0) is 25.7 Å². The number of hydrogen-bond acceptors (Lipinski definition) is 5. The van der Waals surface area contributed by atoms with Crippen LogP contribution in [-0.2, 0) is 19.3 Å². The van der Waals surface area contributed by atoms with Gasteiger partial charge in [0, 0.05) is 38.9 Å². The van der Waals surface area contributed by atoms with E-state index in [0.29, 0.717) is 26.2 Å². The molecule has 0 amide bonds. The SMILES string of the molecule is CS(=O)(=O)C1CCCC(OC2(CN)CCOCC2)C1. The minimum atomic E-state index is -2.96. The Bertz CT molecular complexity index is 389. The van der Waals surface area contributed by atoms with Gasteiger partial charge in [-0.25, -0.2) is 8.42 Å². The predicted molar refractivity (Wildman–Crippen MR) is 73.8 cm³/mol. The quantitative estimate of drug-likeness (QED) is 0.831. The van der Waals surface area contributed by atoms with E-state index in [0.717, 1.165) is 32.1 Å². The molecule has 1 saturated carbocycles. The van der Waals surface area contributed by atoms with Crippen molar-refractivity contribution in [1.29, 1.82) is 0 Å². The number of hydrogen-bond donors (Lipinski definition) is 1. The molecule has 0 aromatic carbocycles. The van der Waals surface area contributed by atoms with Crippen LogP contribution in [0.3, 0.4) is 0 Å². The first-order valence-electron chi connectivity index (χ1n) is 7.10. The molecule has 19 heavy (non-hydrogen) atoms. The predicted octanol–water partition coefficient (Wildman–Crippen LogP) is 0.867. The summed E-state index contributed by atoms with van der Waals surface area (Å²) in [4.78, 5) is 0. The van der Waals surface area contributed by atoms with E-state index in [1.165, 1.54) is 6.26 Å². The normalized spacial score (nSPS) is 32.1.